The Balaban J connectivity index is 2.03. The van der Waals surface area contributed by atoms with Gasteiger partial charge >= 0.3 is 6.18 Å². The topological polar surface area (TPSA) is 51.4 Å². The summed E-state index contributed by atoms with van der Waals surface area (Å²) in [5, 5.41) is 0.748. The van der Waals surface area contributed by atoms with E-state index in [9.17, 15) is 13.2 Å². The summed E-state index contributed by atoms with van der Waals surface area (Å²) in [6, 6.07) is 0. The predicted octanol–water partition coefficient (Wildman–Crippen LogP) is 2.53. The SMILES string of the molecule is COCc1nc(N2CCC(C(F)(F)F)CC2)sc1CN. The zero-order valence-corrected chi connectivity index (χ0v) is 12.1. The summed E-state index contributed by atoms with van der Waals surface area (Å²) in [6.07, 6.45) is -3.83. The van der Waals surface area contributed by atoms with Crippen LogP contribution in [0.5, 0.6) is 0 Å². The molecule has 1 fully saturated rings. The van der Waals surface area contributed by atoms with Crippen molar-refractivity contribution in [3.63, 3.8) is 0 Å². The van der Waals surface area contributed by atoms with Crippen molar-refractivity contribution in [2.24, 2.45) is 11.7 Å². The van der Waals surface area contributed by atoms with Crippen molar-refractivity contribution in [2.75, 3.05) is 25.1 Å². The Kier molecular flexibility index (Phi) is 4.87. The Hall–Kier alpha value is -0.860. The molecule has 0 bridgehead atoms. The summed E-state index contributed by atoms with van der Waals surface area (Å²) in [6.45, 7) is 1.51. The first-order chi connectivity index (χ1) is 9.45. The Morgan fingerprint density at radius 3 is 2.55 bits per heavy atom. The van der Waals surface area contributed by atoms with Gasteiger partial charge in [0, 0.05) is 31.6 Å². The van der Waals surface area contributed by atoms with Crippen LogP contribution in [0.1, 0.15) is 23.4 Å². The number of rotatable bonds is 4. The molecule has 0 aromatic carbocycles. The first-order valence-electron chi connectivity index (χ1n) is 6.45. The second kappa shape index (κ2) is 6.28. The van der Waals surface area contributed by atoms with Crippen LogP contribution in [0.15, 0.2) is 0 Å². The van der Waals surface area contributed by atoms with Crippen LogP contribution in [0, 0.1) is 5.92 Å². The monoisotopic (exact) mass is 309 g/mol. The number of nitrogens with zero attached hydrogens (tertiary/aromatic N) is 2. The van der Waals surface area contributed by atoms with Crippen LogP contribution in [-0.2, 0) is 17.9 Å². The van der Waals surface area contributed by atoms with E-state index >= 15 is 0 Å². The largest absolute Gasteiger partial charge is 0.391 e. The number of methoxy groups -OCH3 is 1. The van der Waals surface area contributed by atoms with Crippen molar-refractivity contribution < 1.29 is 17.9 Å². The predicted molar refractivity (Wildman–Crippen MR) is 71.7 cm³/mol. The van der Waals surface area contributed by atoms with E-state index in [0.29, 0.717) is 26.2 Å². The Labute approximate surface area is 119 Å². The molecule has 2 N–H and O–H groups in total. The van der Waals surface area contributed by atoms with E-state index in [1.165, 1.54) is 11.3 Å². The average Bonchev–Trinajstić information content (AvgIpc) is 2.81. The Bertz CT molecular complexity index is 442. The second-order valence-electron chi connectivity index (χ2n) is 4.81. The minimum atomic E-state index is -4.08. The maximum absolute atomic E-state index is 12.6. The van der Waals surface area contributed by atoms with Gasteiger partial charge in [0.15, 0.2) is 5.13 Å². The molecule has 0 aliphatic carbocycles. The number of hydrogen-bond acceptors (Lipinski definition) is 5. The van der Waals surface area contributed by atoms with Crippen LogP contribution in [0.3, 0.4) is 0 Å². The molecule has 0 spiro atoms. The average molecular weight is 309 g/mol. The molecule has 114 valence electrons. The fourth-order valence-corrected chi connectivity index (χ4v) is 3.31. The van der Waals surface area contributed by atoms with E-state index in [1.807, 2.05) is 4.90 Å². The third kappa shape index (κ3) is 3.42. The number of hydrogen-bond donors (Lipinski definition) is 1. The molecule has 2 rings (SSSR count). The number of ether oxygens (including phenoxy) is 1. The molecule has 0 saturated carbocycles. The molecule has 1 aromatic heterocycles. The Morgan fingerprint density at radius 2 is 2.05 bits per heavy atom. The van der Waals surface area contributed by atoms with E-state index in [1.54, 1.807) is 7.11 Å². The highest BCUT2D eigenvalue weighted by molar-refractivity contribution is 7.15. The van der Waals surface area contributed by atoms with Gasteiger partial charge in [-0.1, -0.05) is 0 Å². The molecule has 8 heteroatoms. The summed E-state index contributed by atoms with van der Waals surface area (Å²) in [5.74, 6) is -1.19. The molecule has 1 aliphatic heterocycles. The van der Waals surface area contributed by atoms with Crippen LogP contribution in [-0.4, -0.2) is 31.4 Å². The molecule has 4 nitrogen and oxygen atoms in total. The number of aromatic nitrogens is 1. The minimum Gasteiger partial charge on any atom is -0.378 e. The normalized spacial score (nSPS) is 17.8. The van der Waals surface area contributed by atoms with Gasteiger partial charge in [-0.25, -0.2) is 4.98 Å². The van der Waals surface area contributed by atoms with Crippen molar-refractivity contribution >= 4 is 16.5 Å². The van der Waals surface area contributed by atoms with Gasteiger partial charge in [0.2, 0.25) is 0 Å². The van der Waals surface area contributed by atoms with Crippen LogP contribution in [0.4, 0.5) is 18.3 Å². The molecule has 20 heavy (non-hydrogen) atoms. The smallest absolute Gasteiger partial charge is 0.378 e. The van der Waals surface area contributed by atoms with Gasteiger partial charge < -0.3 is 15.4 Å². The maximum Gasteiger partial charge on any atom is 0.391 e. The number of piperidine rings is 1. The lowest BCUT2D eigenvalue weighted by molar-refractivity contribution is -0.179. The van der Waals surface area contributed by atoms with E-state index in [-0.39, 0.29) is 12.8 Å². The van der Waals surface area contributed by atoms with Crippen molar-refractivity contribution in [1.29, 1.82) is 0 Å². The first kappa shape index (κ1) is 15.5. The number of alkyl halides is 3. The zero-order valence-electron chi connectivity index (χ0n) is 11.2. The molecule has 2 heterocycles. The summed E-state index contributed by atoms with van der Waals surface area (Å²) >= 11 is 1.44. The third-order valence-corrected chi connectivity index (χ3v) is 4.64. The molecule has 1 saturated heterocycles. The highest BCUT2D eigenvalue weighted by atomic mass is 32.1. The molecular weight excluding hydrogens is 291 g/mol. The van der Waals surface area contributed by atoms with E-state index in [0.717, 1.165) is 15.7 Å². The number of anilines is 1. The quantitative estimate of drug-likeness (QED) is 0.928. The second-order valence-corrected chi connectivity index (χ2v) is 5.87. The lowest BCUT2D eigenvalue weighted by Gasteiger charge is -2.32. The molecule has 0 unspecified atom stereocenters. The lowest BCUT2D eigenvalue weighted by atomic mass is 9.97. The summed E-state index contributed by atoms with van der Waals surface area (Å²) in [7, 11) is 1.58. The third-order valence-electron chi connectivity index (χ3n) is 3.46. The number of halogens is 3. The molecular formula is C12H18F3N3OS. The van der Waals surface area contributed by atoms with Gasteiger partial charge in [0.05, 0.1) is 18.2 Å². The van der Waals surface area contributed by atoms with Gasteiger partial charge in [-0.2, -0.15) is 13.2 Å². The van der Waals surface area contributed by atoms with E-state index in [4.69, 9.17) is 10.5 Å². The molecule has 0 amide bonds. The highest BCUT2D eigenvalue weighted by Gasteiger charge is 2.41. The van der Waals surface area contributed by atoms with Gasteiger partial charge in [-0.15, -0.1) is 11.3 Å². The van der Waals surface area contributed by atoms with Gasteiger partial charge in [0.1, 0.15) is 0 Å². The standard InChI is InChI=1S/C12H18F3N3OS/c1-19-7-9-10(6-16)20-11(17-9)18-4-2-8(3-5-18)12(13,14)15/h8H,2-7,16H2,1H3. The summed E-state index contributed by atoms with van der Waals surface area (Å²) < 4.78 is 42.9. The molecule has 0 radical (unpaired) electrons. The molecule has 1 aliphatic rings. The van der Waals surface area contributed by atoms with Crippen molar-refractivity contribution in [3.8, 4) is 0 Å². The van der Waals surface area contributed by atoms with Gasteiger partial charge in [0.25, 0.3) is 0 Å². The van der Waals surface area contributed by atoms with Crippen molar-refractivity contribution in [3.05, 3.63) is 10.6 Å². The maximum atomic E-state index is 12.6. The van der Waals surface area contributed by atoms with Crippen LogP contribution in [0.25, 0.3) is 0 Å². The fourth-order valence-electron chi connectivity index (χ4n) is 2.31. The molecule has 0 atom stereocenters. The highest BCUT2D eigenvalue weighted by Crippen LogP contribution is 2.36. The van der Waals surface area contributed by atoms with Crippen molar-refractivity contribution in [1.82, 2.24) is 4.98 Å². The van der Waals surface area contributed by atoms with Crippen LogP contribution in [0.2, 0.25) is 0 Å². The van der Waals surface area contributed by atoms with E-state index < -0.39 is 12.1 Å². The molecule has 1 aromatic rings. The number of thiazole rings is 1. The fraction of sp³-hybridized carbons (Fsp3) is 0.750. The van der Waals surface area contributed by atoms with E-state index in [2.05, 4.69) is 4.98 Å². The number of nitrogens with two attached hydrogens (primary N) is 1. The summed E-state index contributed by atoms with van der Waals surface area (Å²) in [5.41, 5.74) is 6.44. The van der Waals surface area contributed by atoms with Crippen LogP contribution < -0.4 is 10.6 Å². The Morgan fingerprint density at radius 1 is 1.40 bits per heavy atom. The van der Waals surface area contributed by atoms with Gasteiger partial charge in [-0.05, 0) is 12.8 Å². The summed E-state index contributed by atoms with van der Waals surface area (Å²) in [4.78, 5) is 7.28. The van der Waals surface area contributed by atoms with Crippen LogP contribution >= 0.6 is 11.3 Å². The lowest BCUT2D eigenvalue weighted by Crippen LogP contribution is -2.38. The first-order valence-corrected chi connectivity index (χ1v) is 7.26. The van der Waals surface area contributed by atoms with Crippen molar-refractivity contribution in [2.45, 2.75) is 32.2 Å². The van der Waals surface area contributed by atoms with Gasteiger partial charge in [-0.3, -0.25) is 0 Å². The minimum absolute atomic E-state index is 0.126. The zero-order chi connectivity index (χ0) is 14.8.